The van der Waals surface area contributed by atoms with Gasteiger partial charge in [-0.1, -0.05) is 97.3 Å². The molecule has 0 saturated heterocycles. The van der Waals surface area contributed by atoms with E-state index in [0.717, 1.165) is 12.2 Å². The highest BCUT2D eigenvalue weighted by molar-refractivity contribution is 5.10. The maximum Gasteiger partial charge on any atom is 0.189 e. The van der Waals surface area contributed by atoms with Crippen LogP contribution < -0.4 is 5.32 Å². The minimum Gasteiger partial charge on any atom is -0.444 e. The first-order valence-corrected chi connectivity index (χ1v) is 10.6. The Morgan fingerprint density at radius 3 is 1.75 bits per heavy atom. The van der Waals surface area contributed by atoms with Gasteiger partial charge in [-0.05, 0) is 19.4 Å². The van der Waals surface area contributed by atoms with Crippen molar-refractivity contribution >= 4 is 0 Å². The summed E-state index contributed by atoms with van der Waals surface area (Å²) < 4.78 is 5.63. The van der Waals surface area contributed by atoms with Gasteiger partial charge in [-0.2, -0.15) is 0 Å². The number of hydrogen-bond acceptors (Lipinski definition) is 2. The number of unbranched alkanes of at least 4 members (excludes halogenated alkanes) is 12. The van der Waals surface area contributed by atoms with Gasteiger partial charge in [0.25, 0.3) is 0 Å². The SMILES string of the molecule is C=C1NC=C(C(CC)CCCCCCCCCCCCCCC)O1. The van der Waals surface area contributed by atoms with E-state index >= 15 is 0 Å². The molecule has 1 aliphatic heterocycles. The molecule has 1 rings (SSSR count). The molecule has 140 valence electrons. The molecule has 1 N–H and O–H groups in total. The monoisotopic (exact) mass is 335 g/mol. The summed E-state index contributed by atoms with van der Waals surface area (Å²) in [5, 5.41) is 3.05. The number of nitrogens with one attached hydrogen (secondary N) is 1. The van der Waals surface area contributed by atoms with Crippen LogP contribution in [-0.4, -0.2) is 0 Å². The predicted molar refractivity (Wildman–Crippen MR) is 106 cm³/mol. The lowest BCUT2D eigenvalue weighted by Gasteiger charge is -2.15. The molecule has 1 aliphatic rings. The Hall–Kier alpha value is -0.920. The van der Waals surface area contributed by atoms with Gasteiger partial charge < -0.3 is 10.1 Å². The molecule has 0 aliphatic carbocycles. The van der Waals surface area contributed by atoms with E-state index in [2.05, 4.69) is 25.7 Å². The number of hydrogen-bond donors (Lipinski definition) is 1. The Morgan fingerprint density at radius 2 is 1.33 bits per heavy atom. The molecular weight excluding hydrogens is 294 g/mol. The highest BCUT2D eigenvalue weighted by Crippen LogP contribution is 2.27. The number of rotatable bonds is 16. The van der Waals surface area contributed by atoms with E-state index in [1.807, 2.05) is 6.20 Å². The van der Waals surface area contributed by atoms with Gasteiger partial charge in [0.05, 0.1) is 0 Å². The van der Waals surface area contributed by atoms with Crippen LogP contribution in [0.4, 0.5) is 0 Å². The van der Waals surface area contributed by atoms with Crippen molar-refractivity contribution in [1.82, 2.24) is 5.32 Å². The van der Waals surface area contributed by atoms with E-state index in [4.69, 9.17) is 4.74 Å². The minimum absolute atomic E-state index is 0.560. The van der Waals surface area contributed by atoms with Crippen molar-refractivity contribution in [2.75, 3.05) is 0 Å². The van der Waals surface area contributed by atoms with E-state index in [1.54, 1.807) is 0 Å². The van der Waals surface area contributed by atoms with Crippen LogP contribution in [0.15, 0.2) is 24.4 Å². The Balaban J connectivity index is 1.85. The molecule has 1 heterocycles. The van der Waals surface area contributed by atoms with Crippen molar-refractivity contribution in [3.63, 3.8) is 0 Å². The average Bonchev–Trinajstić information content (AvgIpc) is 3.01. The molecule has 0 radical (unpaired) electrons. The fourth-order valence-electron chi connectivity index (χ4n) is 3.51. The van der Waals surface area contributed by atoms with Crippen LogP contribution in [-0.2, 0) is 4.74 Å². The molecule has 24 heavy (non-hydrogen) atoms. The lowest BCUT2D eigenvalue weighted by Crippen LogP contribution is -2.03. The van der Waals surface area contributed by atoms with Gasteiger partial charge in [0.1, 0.15) is 5.76 Å². The smallest absolute Gasteiger partial charge is 0.189 e. The van der Waals surface area contributed by atoms with Gasteiger partial charge in [-0.3, -0.25) is 0 Å². The van der Waals surface area contributed by atoms with Crippen molar-refractivity contribution < 1.29 is 4.74 Å². The second kappa shape index (κ2) is 14.4. The fourth-order valence-corrected chi connectivity index (χ4v) is 3.51. The summed E-state index contributed by atoms with van der Waals surface area (Å²) in [5.41, 5.74) is 0. The average molecular weight is 336 g/mol. The third-order valence-electron chi connectivity index (χ3n) is 5.17. The Morgan fingerprint density at radius 1 is 0.833 bits per heavy atom. The highest BCUT2D eigenvalue weighted by atomic mass is 16.5. The summed E-state index contributed by atoms with van der Waals surface area (Å²) in [6, 6.07) is 0. The van der Waals surface area contributed by atoms with Crippen LogP contribution in [0, 0.1) is 5.92 Å². The summed E-state index contributed by atoms with van der Waals surface area (Å²) in [7, 11) is 0. The second-order valence-corrected chi connectivity index (χ2v) is 7.35. The third-order valence-corrected chi connectivity index (χ3v) is 5.17. The van der Waals surface area contributed by atoms with E-state index in [0.29, 0.717) is 11.8 Å². The maximum atomic E-state index is 5.63. The normalized spacial score (nSPS) is 15.1. The lowest BCUT2D eigenvalue weighted by atomic mass is 9.96. The van der Waals surface area contributed by atoms with Crippen molar-refractivity contribution in [3.8, 4) is 0 Å². The third kappa shape index (κ3) is 10.1. The fraction of sp³-hybridized carbons (Fsp3) is 0.818. The van der Waals surface area contributed by atoms with Gasteiger partial charge in [-0.25, -0.2) is 0 Å². The molecule has 1 atom stereocenters. The zero-order chi connectivity index (χ0) is 17.5. The molecule has 2 nitrogen and oxygen atoms in total. The number of ether oxygens (including phenoxy) is 1. The van der Waals surface area contributed by atoms with Gasteiger partial charge in [0.2, 0.25) is 0 Å². The second-order valence-electron chi connectivity index (χ2n) is 7.35. The summed E-state index contributed by atoms with van der Waals surface area (Å²) in [6.45, 7) is 8.34. The summed E-state index contributed by atoms with van der Waals surface area (Å²) in [5.74, 6) is 2.32. The first-order chi connectivity index (χ1) is 11.8. The van der Waals surface area contributed by atoms with Gasteiger partial charge >= 0.3 is 0 Å². The van der Waals surface area contributed by atoms with Gasteiger partial charge in [0, 0.05) is 12.1 Å². The number of allylic oxidation sites excluding steroid dienone is 1. The quantitative estimate of drug-likeness (QED) is 0.296. The standard InChI is InChI=1S/C22H41NO/c1-4-6-7-8-9-10-11-12-13-14-15-16-17-18-21(5-2)22-19-23-20(3)24-22/h19,21,23H,3-18H2,1-2H3. The molecule has 0 aromatic heterocycles. The van der Waals surface area contributed by atoms with E-state index in [9.17, 15) is 0 Å². The molecule has 2 heteroatoms. The summed E-state index contributed by atoms with van der Waals surface area (Å²) >= 11 is 0. The Bertz CT molecular complexity index is 348. The molecule has 0 spiro atoms. The van der Waals surface area contributed by atoms with Crippen LogP contribution >= 0.6 is 0 Å². The zero-order valence-corrected chi connectivity index (χ0v) is 16.4. The molecule has 0 amide bonds. The summed E-state index contributed by atoms with van der Waals surface area (Å²) in [4.78, 5) is 0. The first kappa shape index (κ1) is 21.1. The molecule has 0 saturated carbocycles. The van der Waals surface area contributed by atoms with Crippen molar-refractivity contribution in [1.29, 1.82) is 0 Å². The first-order valence-electron chi connectivity index (χ1n) is 10.6. The highest BCUT2D eigenvalue weighted by Gasteiger charge is 2.18. The van der Waals surface area contributed by atoms with Crippen molar-refractivity contribution in [2.45, 2.75) is 110 Å². The van der Waals surface area contributed by atoms with Gasteiger partial charge in [0.15, 0.2) is 5.88 Å². The van der Waals surface area contributed by atoms with Crippen molar-refractivity contribution in [2.24, 2.45) is 5.92 Å². The van der Waals surface area contributed by atoms with E-state index in [-0.39, 0.29) is 0 Å². The minimum atomic E-state index is 0.560. The lowest BCUT2D eigenvalue weighted by molar-refractivity contribution is 0.254. The Labute approximate surface area is 151 Å². The van der Waals surface area contributed by atoms with Crippen LogP contribution in [0.3, 0.4) is 0 Å². The molecule has 0 aromatic carbocycles. The zero-order valence-electron chi connectivity index (χ0n) is 16.4. The van der Waals surface area contributed by atoms with Crippen molar-refractivity contribution in [3.05, 3.63) is 24.4 Å². The van der Waals surface area contributed by atoms with Crippen LogP contribution in [0.5, 0.6) is 0 Å². The molecule has 1 unspecified atom stereocenters. The maximum absolute atomic E-state index is 5.63. The van der Waals surface area contributed by atoms with E-state index < -0.39 is 0 Å². The van der Waals surface area contributed by atoms with Crippen LogP contribution in [0.2, 0.25) is 0 Å². The Kier molecular flexibility index (Phi) is 12.7. The largest absolute Gasteiger partial charge is 0.444 e. The summed E-state index contributed by atoms with van der Waals surface area (Å²) in [6.07, 6.45) is 22.8. The topological polar surface area (TPSA) is 21.3 Å². The molecular formula is C22H41NO. The van der Waals surface area contributed by atoms with Gasteiger partial charge in [-0.15, -0.1) is 0 Å². The molecule has 0 fully saturated rings. The predicted octanol–water partition coefficient (Wildman–Crippen LogP) is 7.43. The van der Waals surface area contributed by atoms with E-state index in [1.165, 1.54) is 89.9 Å². The molecule has 0 aromatic rings. The molecule has 0 bridgehead atoms. The van der Waals surface area contributed by atoms with Crippen LogP contribution in [0.25, 0.3) is 0 Å². The van der Waals surface area contributed by atoms with Crippen LogP contribution in [0.1, 0.15) is 110 Å².